The molecular formula is C14H12BrFN4OS2. The number of hydrogen-bond acceptors (Lipinski definition) is 7. The van der Waals surface area contributed by atoms with Gasteiger partial charge in [0.2, 0.25) is 5.13 Å². The summed E-state index contributed by atoms with van der Waals surface area (Å²) < 4.78 is 13.6. The standard InChI is InChI=1S/C14H12BrFN4OS2/c1-7-6-22-11(17-7)14(2,21)12-19-20-13(23-12)18-8-3-4-10(16)9(15)5-8/h3-6,21H,1-2H3,(H,18,20). The van der Waals surface area contributed by atoms with Gasteiger partial charge in [-0.25, -0.2) is 9.37 Å². The molecule has 0 saturated heterocycles. The van der Waals surface area contributed by atoms with Gasteiger partial charge in [-0.2, -0.15) is 0 Å². The number of thiazole rings is 1. The van der Waals surface area contributed by atoms with Gasteiger partial charge in [-0.15, -0.1) is 21.5 Å². The van der Waals surface area contributed by atoms with Crippen LogP contribution < -0.4 is 5.32 Å². The van der Waals surface area contributed by atoms with E-state index in [1.165, 1.54) is 28.7 Å². The quantitative estimate of drug-likeness (QED) is 0.668. The van der Waals surface area contributed by atoms with Gasteiger partial charge >= 0.3 is 0 Å². The average Bonchev–Trinajstić information content (AvgIpc) is 3.13. The molecule has 5 nitrogen and oxygen atoms in total. The number of aliphatic hydroxyl groups is 1. The third-order valence-corrected chi connectivity index (χ3v) is 5.88. The van der Waals surface area contributed by atoms with Crippen LogP contribution in [0, 0.1) is 12.7 Å². The van der Waals surface area contributed by atoms with Gasteiger partial charge < -0.3 is 10.4 Å². The first-order chi connectivity index (χ1) is 10.9. The SMILES string of the molecule is Cc1csc(C(C)(O)c2nnc(Nc3ccc(F)c(Br)c3)s2)n1. The fraction of sp³-hybridized carbons (Fsp3) is 0.214. The summed E-state index contributed by atoms with van der Waals surface area (Å²) in [6.45, 7) is 3.51. The number of halogens is 2. The summed E-state index contributed by atoms with van der Waals surface area (Å²) in [5.41, 5.74) is 0.231. The van der Waals surface area contributed by atoms with Crippen LogP contribution in [-0.2, 0) is 5.60 Å². The maximum absolute atomic E-state index is 13.2. The Hall–Kier alpha value is -1.42. The fourth-order valence-electron chi connectivity index (χ4n) is 1.84. The normalized spacial score (nSPS) is 13.8. The third-order valence-electron chi connectivity index (χ3n) is 3.05. The number of nitrogens with zero attached hydrogens (tertiary/aromatic N) is 3. The zero-order valence-electron chi connectivity index (χ0n) is 12.2. The van der Waals surface area contributed by atoms with Crippen LogP contribution in [-0.4, -0.2) is 20.3 Å². The third kappa shape index (κ3) is 3.42. The van der Waals surface area contributed by atoms with Crippen molar-refractivity contribution in [1.29, 1.82) is 0 Å². The zero-order chi connectivity index (χ0) is 16.6. The predicted molar refractivity (Wildman–Crippen MR) is 92.8 cm³/mol. The van der Waals surface area contributed by atoms with Gasteiger partial charge in [0.25, 0.3) is 0 Å². The van der Waals surface area contributed by atoms with E-state index in [1.54, 1.807) is 19.1 Å². The second-order valence-electron chi connectivity index (χ2n) is 5.03. The molecule has 1 unspecified atom stereocenters. The number of anilines is 2. The molecule has 1 atom stereocenters. The topological polar surface area (TPSA) is 70.9 Å². The van der Waals surface area contributed by atoms with E-state index in [9.17, 15) is 9.50 Å². The first-order valence-electron chi connectivity index (χ1n) is 6.57. The Morgan fingerprint density at radius 2 is 2.09 bits per heavy atom. The molecule has 0 spiro atoms. The van der Waals surface area contributed by atoms with E-state index in [-0.39, 0.29) is 5.82 Å². The van der Waals surface area contributed by atoms with E-state index in [0.29, 0.717) is 25.3 Å². The van der Waals surface area contributed by atoms with Crippen molar-refractivity contribution in [2.24, 2.45) is 0 Å². The minimum absolute atomic E-state index is 0.337. The van der Waals surface area contributed by atoms with Crippen LogP contribution in [0.3, 0.4) is 0 Å². The first kappa shape index (κ1) is 16.4. The highest BCUT2D eigenvalue weighted by Crippen LogP contribution is 2.35. The number of rotatable bonds is 4. The molecule has 1 aromatic carbocycles. The van der Waals surface area contributed by atoms with Crippen LogP contribution in [0.15, 0.2) is 28.1 Å². The molecule has 0 aliphatic rings. The summed E-state index contributed by atoms with van der Waals surface area (Å²) in [4.78, 5) is 4.31. The van der Waals surface area contributed by atoms with E-state index in [0.717, 1.165) is 5.69 Å². The molecule has 9 heteroatoms. The van der Waals surface area contributed by atoms with Gasteiger partial charge in [0.1, 0.15) is 10.8 Å². The lowest BCUT2D eigenvalue weighted by Gasteiger charge is -2.16. The molecule has 0 amide bonds. The Morgan fingerprint density at radius 3 is 2.74 bits per heavy atom. The molecule has 2 heterocycles. The Kier molecular flexibility index (Phi) is 4.45. The maximum Gasteiger partial charge on any atom is 0.210 e. The molecule has 2 N–H and O–H groups in total. The van der Waals surface area contributed by atoms with E-state index in [1.807, 2.05) is 12.3 Å². The molecule has 0 radical (unpaired) electrons. The van der Waals surface area contributed by atoms with Crippen molar-refractivity contribution >= 4 is 49.4 Å². The molecule has 23 heavy (non-hydrogen) atoms. The molecule has 2 aromatic heterocycles. The molecule has 0 saturated carbocycles. The summed E-state index contributed by atoms with van der Waals surface area (Å²) in [7, 11) is 0. The summed E-state index contributed by atoms with van der Waals surface area (Å²) in [5.74, 6) is -0.337. The van der Waals surface area contributed by atoms with Crippen molar-refractivity contribution < 1.29 is 9.50 Å². The summed E-state index contributed by atoms with van der Waals surface area (Å²) in [6, 6.07) is 4.56. The van der Waals surface area contributed by atoms with Crippen LogP contribution >= 0.6 is 38.6 Å². The first-order valence-corrected chi connectivity index (χ1v) is 9.06. The largest absolute Gasteiger partial charge is 0.376 e. The summed E-state index contributed by atoms with van der Waals surface area (Å²) >= 11 is 5.74. The zero-order valence-corrected chi connectivity index (χ0v) is 15.4. The monoisotopic (exact) mass is 414 g/mol. The van der Waals surface area contributed by atoms with E-state index < -0.39 is 5.60 Å². The van der Waals surface area contributed by atoms with Gasteiger partial charge in [0, 0.05) is 16.8 Å². The fourth-order valence-corrected chi connectivity index (χ4v) is 3.95. The molecule has 120 valence electrons. The van der Waals surface area contributed by atoms with Gasteiger partial charge in [-0.05, 0) is 48.0 Å². The summed E-state index contributed by atoms with van der Waals surface area (Å²) in [6.07, 6.45) is 0. The number of benzene rings is 1. The minimum atomic E-state index is -1.29. The Morgan fingerprint density at radius 1 is 1.30 bits per heavy atom. The molecule has 3 aromatic rings. The highest BCUT2D eigenvalue weighted by Gasteiger charge is 2.33. The number of aromatic nitrogens is 3. The molecule has 0 bridgehead atoms. The van der Waals surface area contributed by atoms with E-state index in [2.05, 4.69) is 36.4 Å². The van der Waals surface area contributed by atoms with Gasteiger partial charge in [0.05, 0.1) is 4.47 Å². The van der Waals surface area contributed by atoms with Crippen molar-refractivity contribution in [1.82, 2.24) is 15.2 Å². The van der Waals surface area contributed by atoms with Gasteiger partial charge in [0.15, 0.2) is 10.6 Å². The lowest BCUT2D eigenvalue weighted by Crippen LogP contribution is -2.22. The average molecular weight is 415 g/mol. The lowest BCUT2D eigenvalue weighted by molar-refractivity contribution is 0.101. The second-order valence-corrected chi connectivity index (χ2v) is 7.72. The summed E-state index contributed by atoms with van der Waals surface area (Å²) in [5, 5.41) is 25.2. The van der Waals surface area contributed by atoms with Gasteiger partial charge in [-0.1, -0.05) is 11.3 Å². The molecular weight excluding hydrogens is 403 g/mol. The highest BCUT2D eigenvalue weighted by atomic mass is 79.9. The van der Waals surface area contributed by atoms with Crippen LogP contribution in [0.5, 0.6) is 0 Å². The van der Waals surface area contributed by atoms with Crippen LogP contribution in [0.25, 0.3) is 0 Å². The number of hydrogen-bond donors (Lipinski definition) is 2. The van der Waals surface area contributed by atoms with Crippen LogP contribution in [0.4, 0.5) is 15.2 Å². The Labute approximate surface area is 148 Å². The highest BCUT2D eigenvalue weighted by molar-refractivity contribution is 9.10. The predicted octanol–water partition coefficient (Wildman–Crippen LogP) is 4.20. The molecule has 3 rings (SSSR count). The van der Waals surface area contributed by atoms with E-state index >= 15 is 0 Å². The van der Waals surface area contributed by atoms with Crippen LogP contribution in [0.1, 0.15) is 22.6 Å². The number of aryl methyl sites for hydroxylation is 1. The van der Waals surface area contributed by atoms with Crippen molar-refractivity contribution in [2.75, 3.05) is 5.32 Å². The van der Waals surface area contributed by atoms with Gasteiger partial charge in [-0.3, -0.25) is 0 Å². The lowest BCUT2D eigenvalue weighted by atomic mass is 10.1. The van der Waals surface area contributed by atoms with E-state index in [4.69, 9.17) is 0 Å². The number of nitrogens with one attached hydrogen (secondary N) is 1. The van der Waals surface area contributed by atoms with Crippen molar-refractivity contribution in [3.05, 3.63) is 49.6 Å². The van der Waals surface area contributed by atoms with Crippen molar-refractivity contribution in [2.45, 2.75) is 19.4 Å². The maximum atomic E-state index is 13.2. The second kappa shape index (κ2) is 6.23. The minimum Gasteiger partial charge on any atom is -0.376 e. The Bertz CT molecular complexity index is 849. The molecule has 0 fully saturated rings. The van der Waals surface area contributed by atoms with Crippen molar-refractivity contribution in [3.8, 4) is 0 Å². The molecule has 0 aliphatic heterocycles. The van der Waals surface area contributed by atoms with Crippen molar-refractivity contribution in [3.63, 3.8) is 0 Å². The smallest absolute Gasteiger partial charge is 0.210 e. The Balaban J connectivity index is 1.83. The molecule has 0 aliphatic carbocycles. The van der Waals surface area contributed by atoms with Crippen LogP contribution in [0.2, 0.25) is 0 Å².